The number of ether oxygens (including phenoxy) is 1. The molecule has 0 radical (unpaired) electrons. The molecule has 1 unspecified atom stereocenters. The Morgan fingerprint density at radius 3 is 3.00 bits per heavy atom. The zero-order chi connectivity index (χ0) is 12.7. The van der Waals surface area contributed by atoms with Crippen molar-refractivity contribution in [1.29, 1.82) is 0 Å². The number of thioether (sulfide) groups is 1. The molecule has 1 heterocycles. The van der Waals surface area contributed by atoms with Crippen molar-refractivity contribution in [3.05, 3.63) is 22.8 Å². The van der Waals surface area contributed by atoms with Gasteiger partial charge in [-0.05, 0) is 35.0 Å². The molecule has 0 aromatic carbocycles. The Labute approximate surface area is 113 Å². The van der Waals surface area contributed by atoms with Crippen LogP contribution in [0, 0.1) is 0 Å². The minimum Gasteiger partial charge on any atom is -0.466 e. The second-order valence-electron chi connectivity index (χ2n) is 3.29. The average Bonchev–Trinajstić information content (AvgIpc) is 2.28. The Kier molecular flexibility index (Phi) is 6.54. The summed E-state index contributed by atoms with van der Waals surface area (Å²) in [7, 11) is 0. The minimum atomic E-state index is -0.704. The summed E-state index contributed by atoms with van der Waals surface area (Å²) in [5, 5.41) is 10.4. The lowest BCUT2D eigenvalue weighted by atomic mass is 10.3. The molecule has 0 saturated carbocycles. The van der Waals surface area contributed by atoms with Crippen LogP contribution in [0.5, 0.6) is 0 Å². The standard InChI is InChI=1S/C11H14BrNO3S/c1-2-16-11(15)5-9(14)7-17-10-4-3-8(12)6-13-10/h3-4,6,9,14H,2,5,7H2,1H3. The summed E-state index contributed by atoms with van der Waals surface area (Å²) in [4.78, 5) is 15.3. The molecule has 1 atom stereocenters. The normalized spacial score (nSPS) is 12.2. The highest BCUT2D eigenvalue weighted by atomic mass is 79.9. The van der Waals surface area contributed by atoms with Crippen LogP contribution in [0.1, 0.15) is 13.3 Å². The van der Waals surface area contributed by atoms with Crippen molar-refractivity contribution >= 4 is 33.7 Å². The predicted molar refractivity (Wildman–Crippen MR) is 69.9 cm³/mol. The van der Waals surface area contributed by atoms with Crippen molar-refractivity contribution in [3.8, 4) is 0 Å². The summed E-state index contributed by atoms with van der Waals surface area (Å²) in [6.45, 7) is 2.08. The average molecular weight is 320 g/mol. The van der Waals surface area contributed by atoms with Crippen molar-refractivity contribution in [2.24, 2.45) is 0 Å². The van der Waals surface area contributed by atoms with E-state index in [0.29, 0.717) is 12.4 Å². The number of halogens is 1. The second kappa shape index (κ2) is 7.68. The Morgan fingerprint density at radius 2 is 2.41 bits per heavy atom. The number of hydrogen-bond acceptors (Lipinski definition) is 5. The fraction of sp³-hybridized carbons (Fsp3) is 0.455. The lowest BCUT2D eigenvalue weighted by molar-refractivity contribution is -0.144. The molecule has 0 amide bonds. The van der Waals surface area contributed by atoms with Gasteiger partial charge in [0.25, 0.3) is 0 Å². The maximum atomic E-state index is 11.1. The van der Waals surface area contributed by atoms with Gasteiger partial charge in [-0.2, -0.15) is 0 Å². The van der Waals surface area contributed by atoms with Gasteiger partial charge in [0.1, 0.15) is 0 Å². The molecule has 0 fully saturated rings. The summed E-state index contributed by atoms with van der Waals surface area (Å²) in [6, 6.07) is 3.74. The van der Waals surface area contributed by atoms with Crippen LogP contribution in [0.25, 0.3) is 0 Å². The molecule has 1 aromatic rings. The van der Waals surface area contributed by atoms with Crippen LogP contribution in [-0.2, 0) is 9.53 Å². The van der Waals surface area contributed by atoms with E-state index < -0.39 is 6.10 Å². The predicted octanol–water partition coefficient (Wildman–Crippen LogP) is 2.25. The molecule has 17 heavy (non-hydrogen) atoms. The highest BCUT2D eigenvalue weighted by Gasteiger charge is 2.12. The van der Waals surface area contributed by atoms with Gasteiger partial charge in [0.2, 0.25) is 0 Å². The van der Waals surface area contributed by atoms with Gasteiger partial charge < -0.3 is 9.84 Å². The SMILES string of the molecule is CCOC(=O)CC(O)CSc1ccc(Br)cn1. The Hall–Kier alpha value is -0.590. The highest BCUT2D eigenvalue weighted by Crippen LogP contribution is 2.19. The Morgan fingerprint density at radius 1 is 1.65 bits per heavy atom. The third kappa shape index (κ3) is 6.05. The van der Waals surface area contributed by atoms with Crippen LogP contribution in [0.2, 0.25) is 0 Å². The van der Waals surface area contributed by atoms with Gasteiger partial charge in [0.05, 0.1) is 24.2 Å². The largest absolute Gasteiger partial charge is 0.466 e. The fourth-order valence-corrected chi connectivity index (χ4v) is 2.11. The van der Waals surface area contributed by atoms with E-state index in [2.05, 4.69) is 20.9 Å². The van der Waals surface area contributed by atoms with Gasteiger partial charge in [0.15, 0.2) is 0 Å². The van der Waals surface area contributed by atoms with E-state index in [9.17, 15) is 9.90 Å². The molecule has 0 aliphatic carbocycles. The van der Waals surface area contributed by atoms with Gasteiger partial charge in [0, 0.05) is 16.4 Å². The van der Waals surface area contributed by atoms with Crippen LogP contribution in [0.15, 0.2) is 27.8 Å². The molecular formula is C11H14BrNO3S. The first-order valence-electron chi connectivity index (χ1n) is 5.20. The van der Waals surface area contributed by atoms with Gasteiger partial charge in [-0.1, -0.05) is 0 Å². The van der Waals surface area contributed by atoms with Crippen molar-refractivity contribution < 1.29 is 14.6 Å². The van der Waals surface area contributed by atoms with Crippen LogP contribution in [-0.4, -0.2) is 34.5 Å². The number of carbonyl (C=O) groups is 1. The van der Waals surface area contributed by atoms with Gasteiger partial charge in [-0.3, -0.25) is 4.79 Å². The van der Waals surface area contributed by atoms with E-state index in [-0.39, 0.29) is 12.4 Å². The quantitative estimate of drug-likeness (QED) is 0.643. The van der Waals surface area contributed by atoms with Gasteiger partial charge in [-0.25, -0.2) is 4.98 Å². The van der Waals surface area contributed by atoms with E-state index in [0.717, 1.165) is 9.50 Å². The van der Waals surface area contributed by atoms with E-state index in [1.54, 1.807) is 13.1 Å². The maximum Gasteiger partial charge on any atom is 0.308 e. The smallest absolute Gasteiger partial charge is 0.308 e. The lowest BCUT2D eigenvalue weighted by Gasteiger charge is -2.08. The summed E-state index contributed by atoms with van der Waals surface area (Å²) < 4.78 is 5.66. The number of esters is 1. The van der Waals surface area contributed by atoms with Crippen LogP contribution < -0.4 is 0 Å². The van der Waals surface area contributed by atoms with E-state index in [1.165, 1.54) is 11.8 Å². The van der Waals surface area contributed by atoms with Crippen molar-refractivity contribution in [2.45, 2.75) is 24.5 Å². The molecule has 6 heteroatoms. The first-order valence-corrected chi connectivity index (χ1v) is 6.97. The van der Waals surface area contributed by atoms with Crippen molar-refractivity contribution in [3.63, 3.8) is 0 Å². The topological polar surface area (TPSA) is 59.4 Å². The molecule has 1 aromatic heterocycles. The second-order valence-corrected chi connectivity index (χ2v) is 5.24. The van der Waals surface area contributed by atoms with Crippen LogP contribution in [0.3, 0.4) is 0 Å². The number of hydrogen-bond donors (Lipinski definition) is 1. The first kappa shape index (κ1) is 14.5. The number of rotatable bonds is 6. The number of aliphatic hydroxyl groups excluding tert-OH is 1. The number of aliphatic hydroxyl groups is 1. The number of nitrogens with zero attached hydrogens (tertiary/aromatic N) is 1. The Balaban J connectivity index is 2.30. The van der Waals surface area contributed by atoms with Crippen molar-refractivity contribution in [2.75, 3.05) is 12.4 Å². The molecule has 1 rings (SSSR count). The molecule has 0 aliphatic rings. The molecule has 94 valence electrons. The van der Waals surface area contributed by atoms with E-state index in [1.807, 2.05) is 12.1 Å². The maximum absolute atomic E-state index is 11.1. The monoisotopic (exact) mass is 319 g/mol. The van der Waals surface area contributed by atoms with Crippen LogP contribution in [0.4, 0.5) is 0 Å². The fourth-order valence-electron chi connectivity index (χ4n) is 1.10. The highest BCUT2D eigenvalue weighted by molar-refractivity contribution is 9.10. The zero-order valence-electron chi connectivity index (χ0n) is 9.43. The number of carbonyl (C=O) groups excluding carboxylic acids is 1. The molecule has 0 spiro atoms. The summed E-state index contributed by atoms with van der Waals surface area (Å²) in [5.41, 5.74) is 0. The van der Waals surface area contributed by atoms with Gasteiger partial charge >= 0.3 is 5.97 Å². The Bertz CT molecular complexity index is 358. The minimum absolute atomic E-state index is 0.0252. The third-order valence-electron chi connectivity index (χ3n) is 1.83. The third-order valence-corrected chi connectivity index (χ3v) is 3.39. The molecule has 0 saturated heterocycles. The zero-order valence-corrected chi connectivity index (χ0v) is 11.8. The van der Waals surface area contributed by atoms with Gasteiger partial charge in [-0.15, -0.1) is 11.8 Å². The molecule has 0 aliphatic heterocycles. The summed E-state index contributed by atoms with van der Waals surface area (Å²) in [6.07, 6.45) is 1.02. The van der Waals surface area contributed by atoms with Crippen molar-refractivity contribution in [1.82, 2.24) is 4.98 Å². The number of pyridine rings is 1. The van der Waals surface area contributed by atoms with E-state index >= 15 is 0 Å². The summed E-state index contributed by atoms with van der Waals surface area (Å²) in [5.74, 6) is 0.0531. The molecule has 4 nitrogen and oxygen atoms in total. The lowest BCUT2D eigenvalue weighted by Crippen LogP contribution is -2.17. The molecular weight excluding hydrogens is 306 g/mol. The summed E-state index contributed by atoms with van der Waals surface area (Å²) >= 11 is 4.70. The molecule has 1 N–H and O–H groups in total. The van der Waals surface area contributed by atoms with E-state index in [4.69, 9.17) is 4.74 Å². The first-order chi connectivity index (χ1) is 8.11. The number of aromatic nitrogens is 1. The molecule has 0 bridgehead atoms. The van der Waals surface area contributed by atoms with Crippen LogP contribution >= 0.6 is 27.7 Å².